The van der Waals surface area contributed by atoms with Crippen molar-refractivity contribution in [2.24, 2.45) is 0 Å². The van der Waals surface area contributed by atoms with Gasteiger partial charge >= 0.3 is 17.9 Å². The van der Waals surface area contributed by atoms with Crippen molar-refractivity contribution < 1.29 is 28.6 Å². The average molecular weight is 1120 g/mol. The van der Waals surface area contributed by atoms with Gasteiger partial charge < -0.3 is 14.2 Å². The Hall–Kier alpha value is -2.89. The predicted octanol–water partition coefficient (Wildman–Crippen LogP) is 24.3. The lowest BCUT2D eigenvalue weighted by molar-refractivity contribution is -0.167. The predicted molar refractivity (Wildman–Crippen MR) is 348 cm³/mol. The molecule has 0 heterocycles. The van der Waals surface area contributed by atoms with Gasteiger partial charge in [-0.05, 0) is 83.5 Å². The Kier molecular flexibility index (Phi) is 66.1. The molecule has 0 aliphatic heterocycles. The van der Waals surface area contributed by atoms with E-state index in [1.54, 1.807) is 0 Å². The van der Waals surface area contributed by atoms with Gasteiger partial charge in [0, 0.05) is 19.3 Å². The zero-order chi connectivity index (χ0) is 57.8. The first kappa shape index (κ1) is 77.1. The first-order valence-electron chi connectivity index (χ1n) is 35.3. The number of ether oxygens (including phenoxy) is 3. The molecule has 1 atom stereocenters. The molecule has 0 aliphatic rings. The summed E-state index contributed by atoms with van der Waals surface area (Å²) >= 11 is 0. The Labute approximate surface area is 498 Å². The van der Waals surface area contributed by atoms with E-state index >= 15 is 0 Å². The van der Waals surface area contributed by atoms with Crippen LogP contribution < -0.4 is 0 Å². The smallest absolute Gasteiger partial charge is 0.306 e. The van der Waals surface area contributed by atoms with Crippen molar-refractivity contribution in [1.82, 2.24) is 0 Å². The number of rotatable bonds is 65. The van der Waals surface area contributed by atoms with Gasteiger partial charge in [-0.3, -0.25) is 14.4 Å². The topological polar surface area (TPSA) is 78.9 Å². The molecule has 0 spiro atoms. The number of unbranched alkanes of at least 4 members (excludes halogenated alkanes) is 44. The van der Waals surface area contributed by atoms with Gasteiger partial charge in [0.25, 0.3) is 0 Å². The molecule has 0 aromatic heterocycles. The van der Waals surface area contributed by atoms with Crippen LogP contribution in [0.1, 0.15) is 374 Å². The number of esters is 3. The third-order valence-corrected chi connectivity index (χ3v) is 15.8. The van der Waals surface area contributed by atoms with Gasteiger partial charge in [-0.1, -0.05) is 332 Å². The van der Waals surface area contributed by atoms with Crippen molar-refractivity contribution in [2.75, 3.05) is 13.2 Å². The van der Waals surface area contributed by atoms with E-state index in [0.29, 0.717) is 19.3 Å². The van der Waals surface area contributed by atoms with Gasteiger partial charge in [-0.25, -0.2) is 0 Å². The van der Waals surface area contributed by atoms with Crippen LogP contribution in [0.4, 0.5) is 0 Å². The summed E-state index contributed by atoms with van der Waals surface area (Å²) in [7, 11) is 0. The van der Waals surface area contributed by atoms with Gasteiger partial charge in [0.15, 0.2) is 6.10 Å². The van der Waals surface area contributed by atoms with Crippen molar-refractivity contribution >= 4 is 17.9 Å². The molecule has 466 valence electrons. The first-order valence-corrected chi connectivity index (χ1v) is 35.3. The van der Waals surface area contributed by atoms with Crippen LogP contribution in [0.5, 0.6) is 0 Å². The minimum absolute atomic E-state index is 0.0799. The molecule has 0 N–H and O–H groups in total. The Bertz CT molecular complexity index is 1430. The number of carbonyl (C=O) groups excluding carboxylic acids is 3. The maximum atomic E-state index is 12.9. The minimum atomic E-state index is -0.786. The van der Waals surface area contributed by atoms with Crippen molar-refractivity contribution in [3.05, 3.63) is 60.8 Å². The van der Waals surface area contributed by atoms with Gasteiger partial charge in [-0.2, -0.15) is 0 Å². The Morgan fingerprint density at radius 2 is 0.487 bits per heavy atom. The summed E-state index contributed by atoms with van der Waals surface area (Å²) < 4.78 is 17.0. The maximum absolute atomic E-state index is 12.9. The second kappa shape index (κ2) is 68.6. The fourth-order valence-corrected chi connectivity index (χ4v) is 10.5. The Morgan fingerprint density at radius 1 is 0.263 bits per heavy atom. The minimum Gasteiger partial charge on any atom is -0.462 e. The summed E-state index contributed by atoms with van der Waals surface area (Å²) in [5.41, 5.74) is 0. The van der Waals surface area contributed by atoms with Gasteiger partial charge in [0.1, 0.15) is 13.2 Å². The number of allylic oxidation sites excluding steroid dienone is 10. The number of hydrogen-bond acceptors (Lipinski definition) is 6. The molecule has 0 saturated heterocycles. The molecule has 0 aromatic rings. The van der Waals surface area contributed by atoms with Crippen LogP contribution in [0.3, 0.4) is 0 Å². The zero-order valence-corrected chi connectivity index (χ0v) is 53.6. The zero-order valence-electron chi connectivity index (χ0n) is 53.6. The maximum Gasteiger partial charge on any atom is 0.306 e. The molecule has 80 heavy (non-hydrogen) atoms. The molecular weight excluding hydrogens is 985 g/mol. The Morgan fingerprint density at radius 3 is 0.775 bits per heavy atom. The number of carbonyl (C=O) groups is 3. The molecule has 0 rings (SSSR count). The van der Waals surface area contributed by atoms with E-state index in [1.165, 1.54) is 225 Å². The van der Waals surface area contributed by atoms with E-state index in [9.17, 15) is 14.4 Å². The molecule has 0 aliphatic carbocycles. The lowest BCUT2D eigenvalue weighted by atomic mass is 10.0. The average Bonchev–Trinajstić information content (AvgIpc) is 3.46. The quantitative estimate of drug-likeness (QED) is 0.0261. The van der Waals surface area contributed by atoms with Crippen LogP contribution in [-0.2, 0) is 28.6 Å². The van der Waals surface area contributed by atoms with E-state index in [0.717, 1.165) is 109 Å². The second-order valence-corrected chi connectivity index (χ2v) is 23.8. The van der Waals surface area contributed by atoms with E-state index in [2.05, 4.69) is 81.5 Å². The molecule has 6 nitrogen and oxygen atoms in total. The van der Waals surface area contributed by atoms with E-state index in [1.807, 2.05) is 0 Å². The lowest BCUT2D eigenvalue weighted by Crippen LogP contribution is -2.30. The van der Waals surface area contributed by atoms with Crippen LogP contribution in [0.25, 0.3) is 0 Å². The number of hydrogen-bond donors (Lipinski definition) is 0. The van der Waals surface area contributed by atoms with Crippen molar-refractivity contribution in [3.63, 3.8) is 0 Å². The van der Waals surface area contributed by atoms with Crippen molar-refractivity contribution in [3.8, 4) is 0 Å². The first-order chi connectivity index (χ1) is 39.5. The molecule has 0 bridgehead atoms. The standard InChI is InChI=1S/C74H134O6/c1-4-7-10-13-16-19-22-25-28-30-32-33-34-35-36-37-38-39-40-41-42-44-46-49-52-55-58-61-64-67-73(76)79-70-71(69-78-72(75)66-63-60-57-54-51-48-45-27-24-21-18-15-12-9-6-3)80-74(77)68-65-62-59-56-53-50-47-43-31-29-26-23-20-17-14-11-8-5-2/h9,12,18,20-21,23,27,29,31,45,71H,4-8,10-11,13-17,19,22,24-26,28,30,32-44,46-70H2,1-3H3/b12-9-,21-18-,23-20-,31-29-,45-27-. The molecule has 1 unspecified atom stereocenters. The van der Waals surface area contributed by atoms with Crippen LogP contribution in [-0.4, -0.2) is 37.2 Å². The van der Waals surface area contributed by atoms with Crippen LogP contribution in [0.2, 0.25) is 0 Å². The van der Waals surface area contributed by atoms with E-state index in [4.69, 9.17) is 14.2 Å². The third-order valence-electron chi connectivity index (χ3n) is 15.8. The summed E-state index contributed by atoms with van der Waals surface area (Å²) in [6, 6.07) is 0. The molecule has 0 saturated carbocycles. The summed E-state index contributed by atoms with van der Waals surface area (Å²) in [6.45, 7) is 6.55. The lowest BCUT2D eigenvalue weighted by Gasteiger charge is -2.18. The fraction of sp³-hybridized carbons (Fsp3) is 0.824. The highest BCUT2D eigenvalue weighted by atomic mass is 16.6. The second-order valence-electron chi connectivity index (χ2n) is 23.8. The molecule has 0 fully saturated rings. The summed E-state index contributed by atoms with van der Waals surface area (Å²) in [5.74, 6) is -0.884. The van der Waals surface area contributed by atoms with E-state index in [-0.39, 0.29) is 31.1 Å². The van der Waals surface area contributed by atoms with Gasteiger partial charge in [0.2, 0.25) is 0 Å². The fourth-order valence-electron chi connectivity index (χ4n) is 10.5. The molecular formula is C74H134O6. The largest absolute Gasteiger partial charge is 0.462 e. The van der Waals surface area contributed by atoms with Crippen LogP contribution in [0.15, 0.2) is 60.8 Å². The summed E-state index contributed by atoms with van der Waals surface area (Å²) in [4.78, 5) is 38.4. The summed E-state index contributed by atoms with van der Waals surface area (Å²) in [6.07, 6.45) is 88.3. The normalized spacial score (nSPS) is 12.4. The highest BCUT2D eigenvalue weighted by Gasteiger charge is 2.19. The molecule has 0 aromatic carbocycles. The van der Waals surface area contributed by atoms with Crippen molar-refractivity contribution in [2.45, 2.75) is 380 Å². The highest BCUT2D eigenvalue weighted by molar-refractivity contribution is 5.71. The SMILES string of the molecule is CC/C=C\C/C=C\C/C=C\CCCCCCCC(=O)OCC(COC(=O)CCCCCCCCCCCCCCCCCCCCCCCCCCCCCCC)OC(=O)CCCCCCCCC/C=C\C/C=C\CCCCCC. The molecule has 0 amide bonds. The van der Waals surface area contributed by atoms with Gasteiger partial charge in [-0.15, -0.1) is 0 Å². The van der Waals surface area contributed by atoms with Crippen LogP contribution >= 0.6 is 0 Å². The third kappa shape index (κ3) is 65.9. The van der Waals surface area contributed by atoms with Gasteiger partial charge in [0.05, 0.1) is 0 Å². The summed E-state index contributed by atoms with van der Waals surface area (Å²) in [5, 5.41) is 0. The molecule has 0 radical (unpaired) electrons. The molecule has 6 heteroatoms. The Balaban J connectivity index is 4.23. The van der Waals surface area contributed by atoms with Crippen LogP contribution in [0, 0.1) is 0 Å². The van der Waals surface area contributed by atoms with Crippen molar-refractivity contribution in [1.29, 1.82) is 0 Å². The van der Waals surface area contributed by atoms with E-state index < -0.39 is 6.10 Å². The monoisotopic (exact) mass is 1120 g/mol. The highest BCUT2D eigenvalue weighted by Crippen LogP contribution is 2.18.